The number of anilines is 1. The maximum Gasteiger partial charge on any atom is 0.236 e. The van der Waals surface area contributed by atoms with E-state index in [4.69, 9.17) is 11.6 Å². The van der Waals surface area contributed by atoms with E-state index in [1.807, 2.05) is 48.9 Å². The molecule has 1 amide bonds. The second kappa shape index (κ2) is 7.72. The van der Waals surface area contributed by atoms with Gasteiger partial charge in [-0.3, -0.25) is 9.36 Å². The molecule has 0 spiro atoms. The Balaban J connectivity index is 1.68. The number of halogens is 1. The molecular weight excluding hydrogens is 356 g/mol. The lowest BCUT2D eigenvalue weighted by molar-refractivity contribution is -0.113. The average molecular weight is 373 g/mol. The molecule has 2 aromatic heterocycles. The van der Waals surface area contributed by atoms with E-state index in [-0.39, 0.29) is 11.7 Å². The van der Waals surface area contributed by atoms with Crippen molar-refractivity contribution in [2.75, 3.05) is 11.1 Å². The van der Waals surface area contributed by atoms with E-state index in [1.165, 1.54) is 11.8 Å². The van der Waals surface area contributed by atoms with Crippen LogP contribution in [0.3, 0.4) is 0 Å². The molecule has 0 bridgehead atoms. The Morgan fingerprint density at radius 3 is 2.84 bits per heavy atom. The largest absolute Gasteiger partial charge is 0.310 e. The number of hydrogen-bond donors (Lipinski definition) is 1. The van der Waals surface area contributed by atoms with Crippen LogP contribution < -0.4 is 5.32 Å². The van der Waals surface area contributed by atoms with E-state index in [0.29, 0.717) is 10.8 Å². The summed E-state index contributed by atoms with van der Waals surface area (Å²) in [7, 11) is 0. The van der Waals surface area contributed by atoms with E-state index in [2.05, 4.69) is 15.3 Å². The topological polar surface area (TPSA) is 59.8 Å². The molecule has 0 aliphatic carbocycles. The van der Waals surface area contributed by atoms with Crippen molar-refractivity contribution >= 4 is 35.1 Å². The van der Waals surface area contributed by atoms with Crippen LogP contribution in [-0.4, -0.2) is 26.2 Å². The van der Waals surface area contributed by atoms with Crippen LogP contribution in [0.1, 0.15) is 11.1 Å². The Bertz CT molecular complexity index is 892. The van der Waals surface area contributed by atoms with Gasteiger partial charge >= 0.3 is 0 Å². The number of aryl methyl sites for hydroxylation is 1. The predicted octanol–water partition coefficient (Wildman–Crippen LogP) is 4.27. The maximum atomic E-state index is 12.1. The summed E-state index contributed by atoms with van der Waals surface area (Å²) in [6.07, 6.45) is 5.29. The molecule has 3 aromatic rings. The molecule has 0 saturated carbocycles. The summed E-state index contributed by atoms with van der Waals surface area (Å²) in [4.78, 5) is 20.6. The molecule has 0 aliphatic heterocycles. The molecule has 0 atom stereocenters. The number of amides is 1. The molecule has 1 aromatic carbocycles. The van der Waals surface area contributed by atoms with E-state index in [0.717, 1.165) is 22.0 Å². The first-order valence-corrected chi connectivity index (χ1v) is 9.05. The molecule has 7 heteroatoms. The Morgan fingerprint density at radius 1 is 1.24 bits per heavy atom. The summed E-state index contributed by atoms with van der Waals surface area (Å²) >= 11 is 7.56. The van der Waals surface area contributed by atoms with Crippen LogP contribution in [0.15, 0.2) is 54.1 Å². The Labute approximate surface area is 155 Å². The third kappa shape index (κ3) is 4.21. The van der Waals surface area contributed by atoms with Gasteiger partial charge < -0.3 is 5.32 Å². The minimum Gasteiger partial charge on any atom is -0.310 e. The van der Waals surface area contributed by atoms with E-state index in [1.54, 1.807) is 18.5 Å². The molecule has 0 fully saturated rings. The van der Waals surface area contributed by atoms with Crippen molar-refractivity contribution in [3.63, 3.8) is 0 Å². The van der Waals surface area contributed by atoms with Gasteiger partial charge in [0.25, 0.3) is 0 Å². The van der Waals surface area contributed by atoms with Crippen molar-refractivity contribution in [2.45, 2.75) is 19.0 Å². The van der Waals surface area contributed by atoms with Crippen LogP contribution in [0.4, 0.5) is 5.82 Å². The number of imidazole rings is 1. The van der Waals surface area contributed by atoms with Crippen LogP contribution in [-0.2, 0) is 4.79 Å². The summed E-state index contributed by atoms with van der Waals surface area (Å²) in [5, 5.41) is 4.22. The molecule has 5 nitrogen and oxygen atoms in total. The van der Waals surface area contributed by atoms with Gasteiger partial charge in [0.2, 0.25) is 5.91 Å². The fraction of sp³-hybridized carbons (Fsp3) is 0.167. The molecule has 0 radical (unpaired) electrons. The lowest BCUT2D eigenvalue weighted by atomic mass is 10.2. The summed E-state index contributed by atoms with van der Waals surface area (Å²) < 4.78 is 1.93. The second-order valence-electron chi connectivity index (χ2n) is 5.52. The Kier molecular flexibility index (Phi) is 5.40. The van der Waals surface area contributed by atoms with Gasteiger partial charge in [0, 0.05) is 23.6 Å². The first kappa shape index (κ1) is 17.5. The number of carbonyl (C=O) groups is 1. The highest BCUT2D eigenvalue weighted by Gasteiger charge is 2.12. The second-order valence-corrected chi connectivity index (χ2v) is 6.87. The maximum absolute atomic E-state index is 12.1. The van der Waals surface area contributed by atoms with Crippen LogP contribution >= 0.6 is 23.4 Å². The summed E-state index contributed by atoms with van der Waals surface area (Å²) in [6, 6.07) is 9.42. The SMILES string of the molecule is Cc1ccc(NC(=O)CSc2nccn2-c2cccc(Cl)c2C)nc1. The van der Waals surface area contributed by atoms with E-state index < -0.39 is 0 Å². The van der Waals surface area contributed by atoms with E-state index >= 15 is 0 Å². The van der Waals surface area contributed by atoms with Gasteiger partial charge in [-0.1, -0.05) is 35.5 Å². The molecule has 0 aliphatic rings. The van der Waals surface area contributed by atoms with Crippen molar-refractivity contribution in [3.8, 4) is 5.69 Å². The third-order valence-corrected chi connectivity index (χ3v) is 4.99. The van der Waals surface area contributed by atoms with E-state index in [9.17, 15) is 4.79 Å². The summed E-state index contributed by atoms with van der Waals surface area (Å²) in [5.74, 6) is 0.663. The van der Waals surface area contributed by atoms with Gasteiger partial charge in [-0.25, -0.2) is 9.97 Å². The molecule has 3 rings (SSSR count). The third-order valence-electron chi connectivity index (χ3n) is 3.62. The average Bonchev–Trinajstić information content (AvgIpc) is 3.06. The zero-order valence-electron chi connectivity index (χ0n) is 13.9. The number of rotatable bonds is 5. The summed E-state index contributed by atoms with van der Waals surface area (Å²) in [6.45, 7) is 3.91. The number of nitrogens with one attached hydrogen (secondary N) is 1. The van der Waals surface area contributed by atoms with Crippen molar-refractivity contribution in [2.24, 2.45) is 0 Å². The molecule has 128 valence electrons. The van der Waals surface area contributed by atoms with Crippen LogP contribution in [0, 0.1) is 13.8 Å². The van der Waals surface area contributed by atoms with Gasteiger partial charge in [-0.2, -0.15) is 0 Å². The van der Waals surface area contributed by atoms with Gasteiger partial charge in [-0.15, -0.1) is 0 Å². The molecule has 0 unspecified atom stereocenters. The highest BCUT2D eigenvalue weighted by Crippen LogP contribution is 2.26. The summed E-state index contributed by atoms with van der Waals surface area (Å²) in [5.41, 5.74) is 2.97. The number of aromatic nitrogens is 3. The number of pyridine rings is 1. The van der Waals surface area contributed by atoms with Crippen LogP contribution in [0.25, 0.3) is 5.69 Å². The van der Waals surface area contributed by atoms with Crippen molar-refractivity contribution in [1.82, 2.24) is 14.5 Å². The first-order valence-electron chi connectivity index (χ1n) is 7.69. The normalized spacial score (nSPS) is 10.7. The molecule has 0 saturated heterocycles. The smallest absolute Gasteiger partial charge is 0.236 e. The lowest BCUT2D eigenvalue weighted by Crippen LogP contribution is -2.15. The van der Waals surface area contributed by atoms with Crippen molar-refractivity contribution in [1.29, 1.82) is 0 Å². The van der Waals surface area contributed by atoms with Crippen molar-refractivity contribution in [3.05, 3.63) is 65.1 Å². The number of benzene rings is 1. The number of nitrogens with zero attached hydrogens (tertiary/aromatic N) is 3. The van der Waals surface area contributed by atoms with Crippen LogP contribution in [0.5, 0.6) is 0 Å². The standard InChI is InChI=1S/C18H17ClN4OS/c1-12-6-7-16(21-10-12)22-17(24)11-25-18-20-8-9-23(18)15-5-3-4-14(19)13(15)2/h3-10H,11H2,1-2H3,(H,21,22,24). The van der Waals surface area contributed by atoms with Crippen molar-refractivity contribution < 1.29 is 4.79 Å². The Hall–Kier alpha value is -2.31. The quantitative estimate of drug-likeness (QED) is 0.679. The fourth-order valence-corrected chi connectivity index (χ4v) is 3.22. The zero-order valence-corrected chi connectivity index (χ0v) is 15.4. The van der Waals surface area contributed by atoms with Crippen LogP contribution in [0.2, 0.25) is 5.02 Å². The fourth-order valence-electron chi connectivity index (χ4n) is 2.29. The highest BCUT2D eigenvalue weighted by atomic mass is 35.5. The molecule has 2 heterocycles. The lowest BCUT2D eigenvalue weighted by Gasteiger charge is -2.11. The van der Waals surface area contributed by atoms with Gasteiger partial charge in [0.15, 0.2) is 5.16 Å². The van der Waals surface area contributed by atoms with Gasteiger partial charge in [0.05, 0.1) is 11.4 Å². The first-order chi connectivity index (χ1) is 12.0. The monoisotopic (exact) mass is 372 g/mol. The minimum absolute atomic E-state index is 0.126. The Morgan fingerprint density at radius 2 is 2.08 bits per heavy atom. The minimum atomic E-state index is -0.126. The number of carbonyl (C=O) groups excluding carboxylic acids is 1. The number of thioether (sulfide) groups is 1. The number of hydrogen-bond acceptors (Lipinski definition) is 4. The predicted molar refractivity (Wildman–Crippen MR) is 102 cm³/mol. The van der Waals surface area contributed by atoms with Gasteiger partial charge in [-0.05, 0) is 43.2 Å². The molecule has 25 heavy (non-hydrogen) atoms. The molecular formula is C18H17ClN4OS. The highest BCUT2D eigenvalue weighted by molar-refractivity contribution is 7.99. The van der Waals surface area contributed by atoms with Gasteiger partial charge in [0.1, 0.15) is 5.82 Å². The zero-order chi connectivity index (χ0) is 17.8. The molecule has 1 N–H and O–H groups in total.